The molecule has 230 valence electrons. The summed E-state index contributed by atoms with van der Waals surface area (Å²) in [6.45, 7) is 5.08. The average molecular weight is 606 g/mol. The van der Waals surface area contributed by atoms with E-state index in [2.05, 4.69) is 42.2 Å². The normalized spacial score (nSPS) is 13.8. The number of benzene rings is 2. The topological polar surface area (TPSA) is 95.2 Å². The Balaban J connectivity index is 1.17. The Labute approximate surface area is 261 Å². The molecule has 1 fully saturated rings. The van der Waals surface area contributed by atoms with Crippen molar-refractivity contribution in [1.82, 2.24) is 34.9 Å². The molecule has 0 saturated carbocycles. The van der Waals surface area contributed by atoms with Gasteiger partial charge >= 0.3 is 0 Å². The highest BCUT2D eigenvalue weighted by Crippen LogP contribution is 2.36. The highest BCUT2D eigenvalue weighted by molar-refractivity contribution is 6.01. The lowest BCUT2D eigenvalue weighted by atomic mass is 10.0. The maximum Gasteiger partial charge on any atom is 0.138 e. The fourth-order valence-corrected chi connectivity index (χ4v) is 5.89. The smallest absolute Gasteiger partial charge is 0.138 e. The van der Waals surface area contributed by atoms with Gasteiger partial charge in [-0.1, -0.05) is 6.07 Å². The second kappa shape index (κ2) is 12.7. The van der Waals surface area contributed by atoms with Gasteiger partial charge in [0, 0.05) is 59.0 Å². The third-order valence-corrected chi connectivity index (χ3v) is 8.24. The van der Waals surface area contributed by atoms with Gasteiger partial charge in [-0.05, 0) is 88.1 Å². The maximum absolute atomic E-state index is 14.7. The predicted molar refractivity (Wildman–Crippen MR) is 175 cm³/mol. The summed E-state index contributed by atoms with van der Waals surface area (Å²) in [6, 6.07) is 16.9. The molecular formula is C35H36FN7O2. The van der Waals surface area contributed by atoms with Crippen molar-refractivity contribution in [2.75, 3.05) is 53.5 Å². The second-order valence-corrected chi connectivity index (χ2v) is 11.8. The number of H-pyrrole nitrogens is 2. The number of likely N-dealkylation sites (N-methyl/N-ethyl adjacent to an activating group) is 1. The minimum Gasteiger partial charge on any atom is -0.492 e. The van der Waals surface area contributed by atoms with Gasteiger partial charge in [0.15, 0.2) is 0 Å². The van der Waals surface area contributed by atoms with Crippen molar-refractivity contribution in [3.63, 3.8) is 0 Å². The number of hydrogen-bond acceptors (Lipinski definition) is 7. The van der Waals surface area contributed by atoms with E-state index in [9.17, 15) is 4.39 Å². The Morgan fingerprint density at radius 1 is 0.822 bits per heavy atom. The van der Waals surface area contributed by atoms with E-state index in [0.717, 1.165) is 76.2 Å². The van der Waals surface area contributed by atoms with Crippen LogP contribution in [0, 0.1) is 5.82 Å². The monoisotopic (exact) mass is 605 g/mol. The second-order valence-electron chi connectivity index (χ2n) is 11.8. The number of rotatable bonds is 11. The van der Waals surface area contributed by atoms with Crippen molar-refractivity contribution in [2.45, 2.75) is 12.8 Å². The Bertz CT molecular complexity index is 1940. The molecule has 10 heteroatoms. The molecule has 2 N–H and O–H groups in total. The minimum atomic E-state index is -0.372. The summed E-state index contributed by atoms with van der Waals surface area (Å²) in [5.74, 6) is 0.865. The molecule has 0 atom stereocenters. The Morgan fingerprint density at radius 3 is 2.51 bits per heavy atom. The van der Waals surface area contributed by atoms with Crippen molar-refractivity contribution in [3.8, 4) is 45.3 Å². The summed E-state index contributed by atoms with van der Waals surface area (Å²) in [5.41, 5.74) is 6.72. The molecule has 9 nitrogen and oxygen atoms in total. The number of nitrogens with one attached hydrogen (secondary N) is 2. The van der Waals surface area contributed by atoms with Crippen LogP contribution in [0.25, 0.3) is 55.6 Å². The van der Waals surface area contributed by atoms with Crippen LogP contribution in [0.3, 0.4) is 0 Å². The molecule has 0 amide bonds. The van der Waals surface area contributed by atoms with Crippen LogP contribution in [0.5, 0.6) is 11.5 Å². The van der Waals surface area contributed by atoms with Gasteiger partial charge in [0.25, 0.3) is 0 Å². The fourth-order valence-electron chi connectivity index (χ4n) is 5.89. The van der Waals surface area contributed by atoms with Crippen molar-refractivity contribution < 1.29 is 13.9 Å². The highest BCUT2D eigenvalue weighted by atomic mass is 19.1. The first-order valence-electron chi connectivity index (χ1n) is 15.4. The standard InChI is InChI=1S/C35H36FN7O2/c1-42(2)11-13-44-27-16-24(15-26(36)19-27)34-30-20-33(39-31(30)7-8-38-34)35-29-18-23(5-6-32(29)40-41-35)25-17-28(22-37-21-25)45-14-12-43-9-3-4-10-43/h5-8,15-22,39H,3-4,9-14H2,1-2H3,(H,40,41). The average Bonchev–Trinajstić information content (AvgIpc) is 3.80. The first kappa shape index (κ1) is 28.9. The quantitative estimate of drug-likeness (QED) is 0.177. The van der Waals surface area contributed by atoms with Gasteiger partial charge < -0.3 is 19.4 Å². The van der Waals surface area contributed by atoms with E-state index >= 15 is 0 Å². The number of ether oxygens (including phenoxy) is 2. The molecule has 7 rings (SSSR count). The molecular weight excluding hydrogens is 569 g/mol. The van der Waals surface area contributed by atoms with Crippen molar-refractivity contribution >= 4 is 21.8 Å². The maximum atomic E-state index is 14.7. The predicted octanol–water partition coefficient (Wildman–Crippen LogP) is 6.39. The van der Waals surface area contributed by atoms with Crippen LogP contribution in [0.4, 0.5) is 4.39 Å². The van der Waals surface area contributed by atoms with Gasteiger partial charge in [-0.2, -0.15) is 5.10 Å². The van der Waals surface area contributed by atoms with Gasteiger partial charge in [0.05, 0.1) is 23.1 Å². The fraction of sp³-hybridized carbons (Fsp3) is 0.286. The Kier molecular flexibility index (Phi) is 8.15. The molecule has 45 heavy (non-hydrogen) atoms. The van der Waals surface area contributed by atoms with Gasteiger partial charge in [-0.15, -0.1) is 0 Å². The third kappa shape index (κ3) is 6.38. The van der Waals surface area contributed by atoms with Crippen molar-refractivity contribution in [3.05, 3.63) is 79.0 Å². The Hall–Kier alpha value is -4.80. The zero-order valence-corrected chi connectivity index (χ0v) is 25.5. The molecule has 1 saturated heterocycles. The highest BCUT2D eigenvalue weighted by Gasteiger charge is 2.17. The number of likely N-dealkylation sites (tertiary alicyclic amines) is 1. The molecule has 4 aromatic heterocycles. The van der Waals surface area contributed by atoms with Gasteiger partial charge in [-0.25, -0.2) is 4.39 Å². The first-order chi connectivity index (χ1) is 22.0. The number of hydrogen-bond donors (Lipinski definition) is 2. The Morgan fingerprint density at radius 2 is 1.64 bits per heavy atom. The van der Waals surface area contributed by atoms with Crippen LogP contribution in [-0.4, -0.2) is 88.4 Å². The molecule has 1 aliphatic rings. The van der Waals surface area contributed by atoms with Gasteiger partial charge in [0.1, 0.15) is 36.2 Å². The van der Waals surface area contributed by atoms with E-state index in [4.69, 9.17) is 9.47 Å². The molecule has 6 aromatic rings. The minimum absolute atomic E-state index is 0.372. The molecule has 1 aliphatic heterocycles. The van der Waals surface area contributed by atoms with Crippen LogP contribution >= 0.6 is 0 Å². The van der Waals surface area contributed by atoms with Crippen LogP contribution in [-0.2, 0) is 0 Å². The summed E-state index contributed by atoms with van der Waals surface area (Å²) in [6.07, 6.45) is 7.89. The number of aromatic amines is 2. The zero-order chi connectivity index (χ0) is 30.8. The first-order valence-corrected chi connectivity index (χ1v) is 15.4. The van der Waals surface area contributed by atoms with Crippen molar-refractivity contribution in [1.29, 1.82) is 0 Å². The zero-order valence-electron chi connectivity index (χ0n) is 25.5. The van der Waals surface area contributed by atoms with E-state index in [1.807, 2.05) is 55.5 Å². The molecule has 0 radical (unpaired) electrons. The number of pyridine rings is 2. The summed E-state index contributed by atoms with van der Waals surface area (Å²) < 4.78 is 26.6. The lowest BCUT2D eigenvalue weighted by molar-refractivity contribution is 0.237. The van der Waals surface area contributed by atoms with E-state index in [1.165, 1.54) is 25.0 Å². The van der Waals surface area contributed by atoms with Gasteiger partial charge in [0.2, 0.25) is 0 Å². The van der Waals surface area contributed by atoms with Crippen LogP contribution in [0.2, 0.25) is 0 Å². The number of aromatic nitrogens is 5. The SMILES string of the molecule is CN(C)CCOc1cc(F)cc(-c2nccc3[nH]c(-c4n[nH]c5ccc(-c6cncc(OCCN7CCCC7)c6)cc45)cc23)c1. The molecule has 5 heterocycles. The summed E-state index contributed by atoms with van der Waals surface area (Å²) in [7, 11) is 3.94. The summed E-state index contributed by atoms with van der Waals surface area (Å²) in [4.78, 5) is 17.0. The van der Waals surface area contributed by atoms with Crippen LogP contribution in [0.1, 0.15) is 12.8 Å². The lowest BCUT2D eigenvalue weighted by Gasteiger charge is -2.15. The molecule has 2 aromatic carbocycles. The summed E-state index contributed by atoms with van der Waals surface area (Å²) in [5, 5.41) is 9.67. The molecule has 0 aliphatic carbocycles. The number of fused-ring (bicyclic) bond motifs is 2. The third-order valence-electron chi connectivity index (χ3n) is 8.24. The molecule has 0 spiro atoms. The number of nitrogens with zero attached hydrogens (tertiary/aromatic N) is 5. The van der Waals surface area contributed by atoms with Crippen LogP contribution in [0.15, 0.2) is 73.2 Å². The van der Waals surface area contributed by atoms with Crippen LogP contribution < -0.4 is 9.47 Å². The van der Waals surface area contributed by atoms with E-state index in [1.54, 1.807) is 12.4 Å². The van der Waals surface area contributed by atoms with Crippen molar-refractivity contribution in [2.24, 2.45) is 0 Å². The lowest BCUT2D eigenvalue weighted by Crippen LogP contribution is -2.25. The summed E-state index contributed by atoms with van der Waals surface area (Å²) >= 11 is 0. The number of halogens is 1. The van der Waals surface area contributed by atoms with E-state index in [-0.39, 0.29) is 5.82 Å². The van der Waals surface area contributed by atoms with E-state index < -0.39 is 0 Å². The largest absolute Gasteiger partial charge is 0.492 e. The van der Waals surface area contributed by atoms with Gasteiger partial charge in [-0.3, -0.25) is 20.0 Å². The molecule has 0 bridgehead atoms. The molecule has 0 unspecified atom stereocenters. The van der Waals surface area contributed by atoms with E-state index in [0.29, 0.717) is 30.2 Å².